The Balaban J connectivity index is 2.12. The van der Waals surface area contributed by atoms with Crippen LogP contribution in [0, 0.1) is 17.8 Å². The van der Waals surface area contributed by atoms with E-state index in [9.17, 15) is 0 Å². The molecule has 1 aliphatic rings. The molecule has 4 unspecified atom stereocenters. The number of hydrogen-bond donors (Lipinski definition) is 2. The van der Waals surface area contributed by atoms with Crippen LogP contribution in [-0.2, 0) is 7.05 Å². The first-order valence-electron chi connectivity index (χ1n) is 6.56. The molecule has 4 heteroatoms. The molecule has 96 valence electrons. The summed E-state index contributed by atoms with van der Waals surface area (Å²) in [6.07, 6.45) is 7.60. The van der Waals surface area contributed by atoms with Gasteiger partial charge in [0.1, 0.15) is 5.82 Å². The Bertz CT molecular complexity index is 360. The van der Waals surface area contributed by atoms with Gasteiger partial charge in [-0.05, 0) is 30.6 Å². The van der Waals surface area contributed by atoms with Gasteiger partial charge >= 0.3 is 0 Å². The van der Waals surface area contributed by atoms with Crippen molar-refractivity contribution in [1.82, 2.24) is 15.0 Å². The van der Waals surface area contributed by atoms with Crippen molar-refractivity contribution in [3.05, 3.63) is 18.2 Å². The summed E-state index contributed by atoms with van der Waals surface area (Å²) in [6.45, 7) is 4.70. The molecular weight excluding hydrogens is 212 g/mol. The number of aryl methyl sites for hydroxylation is 1. The van der Waals surface area contributed by atoms with Gasteiger partial charge in [-0.2, -0.15) is 0 Å². The van der Waals surface area contributed by atoms with E-state index in [2.05, 4.69) is 28.8 Å². The monoisotopic (exact) mass is 236 g/mol. The number of rotatable bonds is 3. The predicted molar refractivity (Wildman–Crippen MR) is 68.9 cm³/mol. The zero-order chi connectivity index (χ0) is 12.4. The molecular formula is C13H24N4. The highest BCUT2D eigenvalue weighted by Crippen LogP contribution is 2.39. The largest absolute Gasteiger partial charge is 0.337 e. The van der Waals surface area contributed by atoms with Crippen molar-refractivity contribution >= 4 is 0 Å². The van der Waals surface area contributed by atoms with Crippen molar-refractivity contribution in [2.75, 3.05) is 0 Å². The highest BCUT2D eigenvalue weighted by molar-refractivity contribution is 5.01. The van der Waals surface area contributed by atoms with Crippen molar-refractivity contribution in [3.8, 4) is 0 Å². The van der Waals surface area contributed by atoms with Gasteiger partial charge < -0.3 is 4.57 Å². The summed E-state index contributed by atoms with van der Waals surface area (Å²) in [7, 11) is 2.03. The van der Waals surface area contributed by atoms with E-state index in [1.807, 2.05) is 19.4 Å². The van der Waals surface area contributed by atoms with Crippen LogP contribution in [0.15, 0.2) is 12.4 Å². The zero-order valence-corrected chi connectivity index (χ0v) is 11.1. The third-order valence-corrected chi connectivity index (χ3v) is 4.43. The van der Waals surface area contributed by atoms with Crippen LogP contribution in [-0.4, -0.2) is 9.55 Å². The van der Waals surface area contributed by atoms with Gasteiger partial charge in [-0.3, -0.25) is 5.84 Å². The number of imidazole rings is 1. The Labute approximate surface area is 104 Å². The van der Waals surface area contributed by atoms with Crippen LogP contribution in [0.5, 0.6) is 0 Å². The fraction of sp³-hybridized carbons (Fsp3) is 0.769. The maximum Gasteiger partial charge on any atom is 0.127 e. The summed E-state index contributed by atoms with van der Waals surface area (Å²) in [5, 5.41) is 0. The van der Waals surface area contributed by atoms with E-state index in [0.717, 1.165) is 17.7 Å². The number of nitrogens with two attached hydrogens (primary N) is 1. The third-order valence-electron chi connectivity index (χ3n) is 4.43. The van der Waals surface area contributed by atoms with E-state index in [0.29, 0.717) is 5.92 Å². The molecule has 0 saturated heterocycles. The molecule has 4 atom stereocenters. The molecule has 1 saturated carbocycles. The first-order valence-corrected chi connectivity index (χ1v) is 6.56. The minimum atomic E-state index is 0.185. The van der Waals surface area contributed by atoms with Crippen LogP contribution in [0.4, 0.5) is 0 Å². The summed E-state index contributed by atoms with van der Waals surface area (Å²) in [6, 6.07) is 0.185. The highest BCUT2D eigenvalue weighted by atomic mass is 15.3. The molecule has 0 aliphatic heterocycles. The van der Waals surface area contributed by atoms with Crippen LogP contribution in [0.1, 0.15) is 45.0 Å². The summed E-state index contributed by atoms with van der Waals surface area (Å²) in [5.74, 6) is 9.02. The molecule has 1 heterocycles. The molecule has 2 rings (SSSR count). The average Bonchev–Trinajstić information content (AvgIpc) is 2.71. The fourth-order valence-electron chi connectivity index (χ4n) is 2.99. The van der Waals surface area contributed by atoms with Crippen molar-refractivity contribution in [3.63, 3.8) is 0 Å². The van der Waals surface area contributed by atoms with E-state index in [4.69, 9.17) is 5.84 Å². The minimum Gasteiger partial charge on any atom is -0.337 e. The van der Waals surface area contributed by atoms with Crippen LogP contribution in [0.2, 0.25) is 0 Å². The van der Waals surface area contributed by atoms with Gasteiger partial charge in [0.2, 0.25) is 0 Å². The molecule has 0 bridgehead atoms. The highest BCUT2D eigenvalue weighted by Gasteiger charge is 2.32. The quantitative estimate of drug-likeness (QED) is 0.623. The lowest BCUT2D eigenvalue weighted by Crippen LogP contribution is -2.38. The molecule has 1 aromatic rings. The molecule has 3 N–H and O–H groups in total. The van der Waals surface area contributed by atoms with Gasteiger partial charge in [-0.25, -0.2) is 10.4 Å². The number of nitrogens with one attached hydrogen (secondary N) is 1. The Morgan fingerprint density at radius 3 is 2.71 bits per heavy atom. The Morgan fingerprint density at radius 1 is 1.41 bits per heavy atom. The van der Waals surface area contributed by atoms with Crippen molar-refractivity contribution in [1.29, 1.82) is 0 Å². The second kappa shape index (κ2) is 5.19. The first kappa shape index (κ1) is 12.6. The first-order chi connectivity index (χ1) is 8.13. The predicted octanol–water partition coefficient (Wildman–Crippen LogP) is 2.00. The Hall–Kier alpha value is -0.870. The van der Waals surface area contributed by atoms with Crippen LogP contribution in [0.3, 0.4) is 0 Å². The average molecular weight is 236 g/mol. The maximum absolute atomic E-state index is 5.74. The zero-order valence-electron chi connectivity index (χ0n) is 11.1. The second-order valence-electron chi connectivity index (χ2n) is 5.57. The van der Waals surface area contributed by atoms with Gasteiger partial charge in [-0.1, -0.05) is 20.3 Å². The molecule has 1 aromatic heterocycles. The van der Waals surface area contributed by atoms with Gasteiger partial charge in [0.25, 0.3) is 0 Å². The minimum absolute atomic E-state index is 0.185. The van der Waals surface area contributed by atoms with Crippen LogP contribution < -0.4 is 11.3 Å². The Morgan fingerprint density at radius 2 is 2.18 bits per heavy atom. The lowest BCUT2D eigenvalue weighted by Gasteiger charge is -2.36. The number of aromatic nitrogens is 2. The molecule has 1 aliphatic carbocycles. The maximum atomic E-state index is 5.74. The molecule has 1 fully saturated rings. The molecule has 0 spiro atoms. The lowest BCUT2D eigenvalue weighted by molar-refractivity contribution is 0.166. The summed E-state index contributed by atoms with van der Waals surface area (Å²) in [5.41, 5.74) is 2.97. The smallest absolute Gasteiger partial charge is 0.127 e. The number of nitrogens with zero attached hydrogens (tertiary/aromatic N) is 2. The SMILES string of the molecule is CC1CCC(C(NN)c2nccn2C)CC1C. The fourth-order valence-corrected chi connectivity index (χ4v) is 2.99. The summed E-state index contributed by atoms with van der Waals surface area (Å²) in [4.78, 5) is 4.43. The third kappa shape index (κ3) is 2.53. The normalized spacial score (nSPS) is 31.4. The van der Waals surface area contributed by atoms with Gasteiger partial charge in [0.05, 0.1) is 6.04 Å². The Kier molecular flexibility index (Phi) is 3.84. The van der Waals surface area contributed by atoms with Gasteiger partial charge in [0.15, 0.2) is 0 Å². The van der Waals surface area contributed by atoms with E-state index >= 15 is 0 Å². The summed E-state index contributed by atoms with van der Waals surface area (Å²) >= 11 is 0. The molecule has 0 radical (unpaired) electrons. The van der Waals surface area contributed by atoms with E-state index in [-0.39, 0.29) is 6.04 Å². The summed E-state index contributed by atoms with van der Waals surface area (Å²) < 4.78 is 2.06. The molecule has 0 amide bonds. The van der Waals surface area contributed by atoms with Crippen molar-refractivity contribution in [2.45, 2.75) is 39.2 Å². The molecule has 17 heavy (non-hydrogen) atoms. The van der Waals surface area contributed by atoms with Crippen LogP contribution in [0.25, 0.3) is 0 Å². The number of hydrogen-bond acceptors (Lipinski definition) is 3. The van der Waals surface area contributed by atoms with E-state index in [1.165, 1.54) is 19.3 Å². The van der Waals surface area contributed by atoms with E-state index in [1.54, 1.807) is 0 Å². The number of hydrazine groups is 1. The van der Waals surface area contributed by atoms with Gasteiger partial charge in [0, 0.05) is 19.4 Å². The van der Waals surface area contributed by atoms with Crippen molar-refractivity contribution < 1.29 is 0 Å². The van der Waals surface area contributed by atoms with E-state index < -0.39 is 0 Å². The van der Waals surface area contributed by atoms with Crippen LogP contribution >= 0.6 is 0 Å². The molecule has 0 aromatic carbocycles. The lowest BCUT2D eigenvalue weighted by atomic mass is 9.73. The second-order valence-corrected chi connectivity index (χ2v) is 5.57. The topological polar surface area (TPSA) is 55.9 Å². The van der Waals surface area contributed by atoms with Crippen molar-refractivity contribution in [2.24, 2.45) is 30.6 Å². The molecule has 4 nitrogen and oxygen atoms in total. The standard InChI is InChI=1S/C13H24N4/c1-9-4-5-11(8-10(9)2)12(16-14)13-15-6-7-17(13)3/h6-7,9-12,16H,4-5,8,14H2,1-3H3. The van der Waals surface area contributed by atoms with Gasteiger partial charge in [-0.15, -0.1) is 0 Å².